The van der Waals surface area contributed by atoms with Crippen LogP contribution in [0, 0.1) is 12.3 Å². The summed E-state index contributed by atoms with van der Waals surface area (Å²) in [6.07, 6.45) is -0.975. The summed E-state index contributed by atoms with van der Waals surface area (Å²) in [4.78, 5) is 29.0. The number of amides is 1. The predicted molar refractivity (Wildman–Crippen MR) is 139 cm³/mol. The average Bonchev–Trinajstić information content (AvgIpc) is 3.28. The number of nitrogens with zero attached hydrogens (tertiary/aromatic N) is 1. The van der Waals surface area contributed by atoms with Crippen molar-refractivity contribution in [3.8, 4) is 16.9 Å². The van der Waals surface area contributed by atoms with Gasteiger partial charge in [0.25, 0.3) is 5.56 Å². The number of carboxylic acid groups (broad SMARTS) is 1. The van der Waals surface area contributed by atoms with E-state index in [2.05, 4.69) is 4.98 Å². The Morgan fingerprint density at radius 3 is 2.32 bits per heavy atom. The van der Waals surface area contributed by atoms with Crippen LogP contribution in [0.3, 0.4) is 0 Å². The van der Waals surface area contributed by atoms with Crippen LogP contribution in [-0.2, 0) is 5.54 Å². The Kier molecular flexibility index (Phi) is 5.72. The molecule has 7 heteroatoms. The quantitative estimate of drug-likeness (QED) is 0.346. The molecule has 0 saturated carbocycles. The second-order valence-corrected chi connectivity index (χ2v) is 10.8. The first-order chi connectivity index (χ1) is 15.9. The maximum atomic E-state index is 12.6. The summed E-state index contributed by atoms with van der Waals surface area (Å²) in [7, 11) is 3.26. The van der Waals surface area contributed by atoms with Gasteiger partial charge in [-0.15, -0.1) is 11.3 Å². The van der Waals surface area contributed by atoms with Crippen LogP contribution < -0.4 is 10.3 Å². The maximum Gasteiger partial charge on any atom is 0.407 e. The molecular formula is C27H30N2O4S. The van der Waals surface area contributed by atoms with Crippen molar-refractivity contribution < 1.29 is 14.6 Å². The molecule has 2 N–H and O–H groups in total. The molecule has 0 aliphatic heterocycles. The number of nitrogens with one attached hydrogen (secondary N) is 1. The maximum absolute atomic E-state index is 12.6. The molecule has 0 unspecified atom stereocenters. The van der Waals surface area contributed by atoms with E-state index in [-0.39, 0.29) is 11.0 Å². The number of benzene rings is 2. The van der Waals surface area contributed by atoms with Crippen LogP contribution in [0.4, 0.5) is 4.79 Å². The van der Waals surface area contributed by atoms with Crippen LogP contribution in [0.15, 0.2) is 46.6 Å². The fourth-order valence-electron chi connectivity index (χ4n) is 4.80. The molecule has 2 heterocycles. The molecule has 1 atom stereocenters. The first-order valence-corrected chi connectivity index (χ1v) is 12.0. The van der Waals surface area contributed by atoms with E-state index in [0.717, 1.165) is 44.3 Å². The summed E-state index contributed by atoms with van der Waals surface area (Å²) >= 11 is 1.42. The van der Waals surface area contributed by atoms with Crippen molar-refractivity contribution in [3.63, 3.8) is 0 Å². The number of hydrogen-bond acceptors (Lipinski definition) is 4. The van der Waals surface area contributed by atoms with Gasteiger partial charge < -0.3 is 19.7 Å². The van der Waals surface area contributed by atoms with Gasteiger partial charge in [0.1, 0.15) is 10.4 Å². The van der Waals surface area contributed by atoms with Crippen LogP contribution >= 0.6 is 11.3 Å². The molecule has 4 rings (SSSR count). The second-order valence-electron chi connectivity index (χ2n) is 9.88. The van der Waals surface area contributed by atoms with Gasteiger partial charge in [0.15, 0.2) is 0 Å². The molecule has 0 radical (unpaired) electrons. The van der Waals surface area contributed by atoms with Crippen LogP contribution in [-0.4, -0.2) is 35.2 Å². The number of hydrogen-bond donors (Lipinski definition) is 2. The Labute approximate surface area is 202 Å². The lowest BCUT2D eigenvalue weighted by Gasteiger charge is -2.47. The van der Waals surface area contributed by atoms with E-state index in [1.807, 2.05) is 76.4 Å². The first kappa shape index (κ1) is 23.8. The molecule has 2 aromatic heterocycles. The monoisotopic (exact) mass is 478 g/mol. The number of aryl methyl sites for hydroxylation is 1. The van der Waals surface area contributed by atoms with Gasteiger partial charge in [-0.05, 0) is 53.5 Å². The Morgan fingerprint density at radius 1 is 1.12 bits per heavy atom. The van der Waals surface area contributed by atoms with Gasteiger partial charge >= 0.3 is 6.09 Å². The van der Waals surface area contributed by atoms with E-state index in [0.29, 0.717) is 4.70 Å². The minimum Gasteiger partial charge on any atom is -0.496 e. The Morgan fingerprint density at radius 2 is 1.76 bits per heavy atom. The molecule has 6 nitrogen and oxygen atoms in total. The van der Waals surface area contributed by atoms with Crippen molar-refractivity contribution in [1.29, 1.82) is 0 Å². The van der Waals surface area contributed by atoms with Crippen molar-refractivity contribution in [3.05, 3.63) is 63.3 Å². The number of aromatic nitrogens is 1. The highest BCUT2D eigenvalue weighted by Crippen LogP contribution is 2.46. The predicted octanol–water partition coefficient (Wildman–Crippen LogP) is 6.60. The third kappa shape index (κ3) is 3.46. The van der Waals surface area contributed by atoms with E-state index in [9.17, 15) is 14.7 Å². The van der Waals surface area contributed by atoms with E-state index in [4.69, 9.17) is 4.74 Å². The number of methoxy groups -OCH3 is 1. The zero-order chi connectivity index (χ0) is 25.0. The zero-order valence-electron chi connectivity index (χ0n) is 20.6. The summed E-state index contributed by atoms with van der Waals surface area (Å²) in [5.74, 6) is 0.721. The lowest BCUT2D eigenvalue weighted by atomic mass is 9.69. The molecule has 178 valence electrons. The van der Waals surface area contributed by atoms with E-state index in [1.165, 1.54) is 16.2 Å². The molecule has 0 fully saturated rings. The summed E-state index contributed by atoms with van der Waals surface area (Å²) in [6.45, 7) is 10.0. The molecule has 0 aliphatic rings. The second kappa shape index (κ2) is 8.17. The standard InChI is InChI=1S/C27H30N2O4S/c1-15-14-19(33-7)20(21-18-12-13-34-23(18)24(30)28-22(15)21)16-8-10-17(11-9-16)27(5,26(2,3)4)29(6)25(31)32/h8-14H,1-7H3,(H,28,30)(H,31,32)/t27-/m0/s1. The normalized spacial score (nSPS) is 13.7. The topological polar surface area (TPSA) is 82.6 Å². The highest BCUT2D eigenvalue weighted by Gasteiger charge is 2.44. The molecule has 4 aromatic rings. The number of thiophene rings is 1. The van der Waals surface area contributed by atoms with Gasteiger partial charge in [0.2, 0.25) is 0 Å². The van der Waals surface area contributed by atoms with Crippen molar-refractivity contribution in [1.82, 2.24) is 9.88 Å². The van der Waals surface area contributed by atoms with Crippen molar-refractivity contribution in [2.75, 3.05) is 14.2 Å². The molecule has 1 amide bonds. The van der Waals surface area contributed by atoms with Gasteiger partial charge in [-0.2, -0.15) is 0 Å². The summed E-state index contributed by atoms with van der Waals surface area (Å²) < 4.78 is 6.47. The molecule has 0 saturated heterocycles. The van der Waals surface area contributed by atoms with Crippen LogP contribution in [0.25, 0.3) is 32.1 Å². The van der Waals surface area contributed by atoms with Crippen molar-refractivity contribution in [2.24, 2.45) is 5.41 Å². The Hall–Kier alpha value is -3.32. The van der Waals surface area contributed by atoms with Gasteiger partial charge in [-0.1, -0.05) is 45.0 Å². The number of carbonyl (C=O) groups is 1. The molecule has 34 heavy (non-hydrogen) atoms. The average molecular weight is 479 g/mol. The summed E-state index contributed by atoms with van der Waals surface area (Å²) in [5, 5.41) is 13.5. The number of fused-ring (bicyclic) bond motifs is 3. The lowest BCUT2D eigenvalue weighted by Crippen LogP contribution is -2.52. The number of pyridine rings is 1. The fourth-order valence-corrected chi connectivity index (χ4v) is 5.59. The van der Waals surface area contributed by atoms with E-state index >= 15 is 0 Å². The lowest BCUT2D eigenvalue weighted by molar-refractivity contribution is 0.0279. The minimum absolute atomic E-state index is 0.0929. The number of aromatic amines is 1. The fraction of sp³-hybridized carbons (Fsp3) is 0.333. The van der Waals surface area contributed by atoms with E-state index in [1.54, 1.807) is 14.2 Å². The van der Waals surface area contributed by atoms with Gasteiger partial charge in [0.05, 0.1) is 18.2 Å². The largest absolute Gasteiger partial charge is 0.496 e. The highest BCUT2D eigenvalue weighted by molar-refractivity contribution is 7.17. The number of H-pyrrole nitrogens is 1. The van der Waals surface area contributed by atoms with Gasteiger partial charge in [-0.3, -0.25) is 4.79 Å². The molecule has 0 aliphatic carbocycles. The summed E-state index contributed by atoms with van der Waals surface area (Å²) in [6, 6.07) is 11.9. The molecule has 2 aromatic carbocycles. The van der Waals surface area contributed by atoms with Crippen LogP contribution in [0.1, 0.15) is 38.8 Å². The molecule has 0 spiro atoms. The SMILES string of the molecule is COc1cc(C)c2[nH]c(=O)c3sccc3c2c1-c1ccc([C@](C)(N(C)C(=O)O)C(C)(C)C)cc1. The smallest absolute Gasteiger partial charge is 0.407 e. The number of ether oxygens (including phenoxy) is 1. The van der Waals surface area contributed by atoms with Crippen molar-refractivity contribution >= 4 is 38.4 Å². The third-order valence-corrected chi connectivity index (χ3v) is 8.15. The Bertz CT molecular complexity index is 1460. The molecular weight excluding hydrogens is 448 g/mol. The van der Waals surface area contributed by atoms with Crippen LogP contribution in [0.2, 0.25) is 0 Å². The van der Waals surface area contributed by atoms with Crippen LogP contribution in [0.5, 0.6) is 5.75 Å². The minimum atomic E-state index is -0.975. The third-order valence-electron chi connectivity index (χ3n) is 7.24. The van der Waals surface area contributed by atoms with E-state index < -0.39 is 11.6 Å². The molecule has 0 bridgehead atoms. The Balaban J connectivity index is 2.00. The first-order valence-electron chi connectivity index (χ1n) is 11.1. The highest BCUT2D eigenvalue weighted by atomic mass is 32.1. The zero-order valence-corrected chi connectivity index (χ0v) is 21.4. The van der Waals surface area contributed by atoms with Gasteiger partial charge in [0, 0.05) is 23.4 Å². The van der Waals surface area contributed by atoms with Gasteiger partial charge in [-0.25, -0.2) is 4.79 Å². The summed E-state index contributed by atoms with van der Waals surface area (Å²) in [5.41, 5.74) is 3.27. The van der Waals surface area contributed by atoms with Crippen molar-refractivity contribution in [2.45, 2.75) is 40.2 Å². The number of rotatable bonds is 4.